The fourth-order valence-electron chi connectivity index (χ4n) is 4.05. The summed E-state index contributed by atoms with van der Waals surface area (Å²) in [7, 11) is 0. The fraction of sp³-hybridized carbons (Fsp3) is 0.250. The Hall–Kier alpha value is -3.34. The zero-order chi connectivity index (χ0) is 20.5. The van der Waals surface area contributed by atoms with Crippen LogP contribution in [0.3, 0.4) is 0 Å². The number of esters is 1. The van der Waals surface area contributed by atoms with E-state index in [0.717, 1.165) is 34.7 Å². The molecular formula is C24H24N2O3. The van der Waals surface area contributed by atoms with Crippen LogP contribution in [0.15, 0.2) is 60.7 Å². The number of rotatable bonds is 4. The van der Waals surface area contributed by atoms with Gasteiger partial charge in [0.25, 0.3) is 5.91 Å². The monoisotopic (exact) mass is 388 g/mol. The number of para-hydroxylation sites is 1. The molecule has 29 heavy (non-hydrogen) atoms. The van der Waals surface area contributed by atoms with Crippen molar-refractivity contribution in [1.82, 2.24) is 4.57 Å². The van der Waals surface area contributed by atoms with E-state index in [4.69, 9.17) is 4.74 Å². The van der Waals surface area contributed by atoms with Gasteiger partial charge in [0.05, 0.1) is 5.56 Å². The maximum Gasteiger partial charge on any atom is 0.338 e. The first-order valence-electron chi connectivity index (χ1n) is 9.78. The van der Waals surface area contributed by atoms with Gasteiger partial charge in [-0.15, -0.1) is 0 Å². The molecule has 148 valence electrons. The molecule has 1 aromatic heterocycles. The lowest BCUT2D eigenvalue weighted by molar-refractivity contribution is -0.122. The van der Waals surface area contributed by atoms with Gasteiger partial charge in [-0.25, -0.2) is 4.79 Å². The molecule has 0 spiro atoms. The molecule has 2 heterocycles. The number of benzene rings is 2. The van der Waals surface area contributed by atoms with Crippen LogP contribution in [-0.2, 0) is 16.0 Å². The molecule has 0 fully saturated rings. The normalized spacial score (nSPS) is 15.3. The largest absolute Gasteiger partial charge is 0.452 e. The SMILES string of the molecule is Cc1ccc(C)n1-c1ccc(C(=O)OCC(=O)N2c3ccccc3C[C@@H]2C)cc1. The molecule has 0 saturated heterocycles. The summed E-state index contributed by atoms with van der Waals surface area (Å²) in [6.45, 7) is 5.81. The highest BCUT2D eigenvalue weighted by atomic mass is 16.5. The summed E-state index contributed by atoms with van der Waals surface area (Å²) in [5.74, 6) is -0.697. The van der Waals surface area contributed by atoms with E-state index in [2.05, 4.69) is 16.7 Å². The van der Waals surface area contributed by atoms with Gasteiger partial charge in [-0.05, 0) is 75.2 Å². The van der Waals surface area contributed by atoms with Crippen molar-refractivity contribution in [1.29, 1.82) is 0 Å². The van der Waals surface area contributed by atoms with Crippen molar-refractivity contribution < 1.29 is 14.3 Å². The third-order valence-corrected chi connectivity index (χ3v) is 5.44. The van der Waals surface area contributed by atoms with E-state index in [1.807, 2.05) is 57.2 Å². The standard InChI is InChI=1S/C24H24N2O3/c1-16-8-9-17(2)25(16)21-12-10-19(11-13-21)24(28)29-15-23(27)26-18(3)14-20-6-4-5-7-22(20)26/h4-13,18H,14-15H2,1-3H3/t18-/m0/s1. The van der Waals surface area contributed by atoms with Crippen molar-refractivity contribution in [3.05, 3.63) is 83.2 Å². The summed E-state index contributed by atoms with van der Waals surface area (Å²) in [6.07, 6.45) is 0.815. The number of hydrogen-bond donors (Lipinski definition) is 0. The molecule has 3 aromatic rings. The molecular weight excluding hydrogens is 364 g/mol. The Morgan fingerprint density at radius 2 is 1.62 bits per heavy atom. The van der Waals surface area contributed by atoms with Gasteiger partial charge in [0.15, 0.2) is 6.61 Å². The van der Waals surface area contributed by atoms with Gasteiger partial charge in [-0.1, -0.05) is 18.2 Å². The lowest BCUT2D eigenvalue weighted by Crippen LogP contribution is -2.38. The van der Waals surface area contributed by atoms with E-state index < -0.39 is 5.97 Å². The summed E-state index contributed by atoms with van der Waals surface area (Å²) >= 11 is 0. The molecule has 0 aliphatic carbocycles. The van der Waals surface area contributed by atoms with Crippen molar-refractivity contribution in [3.8, 4) is 5.69 Å². The predicted molar refractivity (Wildman–Crippen MR) is 113 cm³/mol. The number of fused-ring (bicyclic) bond motifs is 1. The number of carbonyl (C=O) groups is 2. The molecule has 0 saturated carbocycles. The summed E-state index contributed by atoms with van der Waals surface area (Å²) in [4.78, 5) is 26.8. The van der Waals surface area contributed by atoms with Crippen LogP contribution in [-0.4, -0.2) is 29.1 Å². The van der Waals surface area contributed by atoms with Gasteiger partial charge in [0.1, 0.15) is 0 Å². The Morgan fingerprint density at radius 3 is 2.31 bits per heavy atom. The highest BCUT2D eigenvalue weighted by molar-refractivity contribution is 5.99. The molecule has 0 N–H and O–H groups in total. The minimum Gasteiger partial charge on any atom is -0.452 e. The van der Waals surface area contributed by atoms with Crippen molar-refractivity contribution in [2.45, 2.75) is 33.2 Å². The summed E-state index contributed by atoms with van der Waals surface area (Å²) in [5.41, 5.74) is 5.72. The number of hydrogen-bond acceptors (Lipinski definition) is 3. The third kappa shape index (κ3) is 3.56. The van der Waals surface area contributed by atoms with Crippen molar-refractivity contribution in [2.24, 2.45) is 0 Å². The minimum absolute atomic E-state index is 0.0611. The highest BCUT2D eigenvalue weighted by Crippen LogP contribution is 2.31. The van der Waals surface area contributed by atoms with Crippen LogP contribution in [0, 0.1) is 13.8 Å². The van der Waals surface area contributed by atoms with Gasteiger partial charge in [-0.2, -0.15) is 0 Å². The molecule has 1 aliphatic heterocycles. The Balaban J connectivity index is 1.42. The average molecular weight is 388 g/mol. The minimum atomic E-state index is -0.494. The van der Waals surface area contributed by atoms with Gasteiger partial charge >= 0.3 is 5.97 Å². The van der Waals surface area contributed by atoms with Gasteiger partial charge in [0, 0.05) is 28.8 Å². The number of amides is 1. The van der Waals surface area contributed by atoms with Crippen molar-refractivity contribution >= 4 is 17.6 Å². The fourth-order valence-corrected chi connectivity index (χ4v) is 4.05. The Bertz CT molecular complexity index is 1050. The smallest absolute Gasteiger partial charge is 0.338 e. The second-order valence-corrected chi connectivity index (χ2v) is 7.52. The lowest BCUT2D eigenvalue weighted by Gasteiger charge is -2.22. The zero-order valence-electron chi connectivity index (χ0n) is 16.9. The van der Waals surface area contributed by atoms with E-state index in [-0.39, 0.29) is 18.6 Å². The van der Waals surface area contributed by atoms with E-state index >= 15 is 0 Å². The van der Waals surface area contributed by atoms with Crippen LogP contribution >= 0.6 is 0 Å². The van der Waals surface area contributed by atoms with Gasteiger partial charge < -0.3 is 14.2 Å². The number of ether oxygens (including phenoxy) is 1. The number of anilines is 1. The van der Waals surface area contributed by atoms with E-state index in [1.54, 1.807) is 17.0 Å². The molecule has 1 amide bonds. The number of nitrogens with zero attached hydrogens (tertiary/aromatic N) is 2. The number of carbonyl (C=O) groups excluding carboxylic acids is 2. The maximum atomic E-state index is 12.7. The summed E-state index contributed by atoms with van der Waals surface area (Å²) in [6, 6.07) is 19.3. The zero-order valence-corrected chi connectivity index (χ0v) is 16.9. The molecule has 0 radical (unpaired) electrons. The van der Waals surface area contributed by atoms with Crippen LogP contribution in [0.5, 0.6) is 0 Å². The molecule has 0 unspecified atom stereocenters. The molecule has 1 atom stereocenters. The Labute approximate surface area is 170 Å². The Morgan fingerprint density at radius 1 is 0.966 bits per heavy atom. The first-order valence-corrected chi connectivity index (χ1v) is 9.78. The summed E-state index contributed by atoms with van der Waals surface area (Å²) in [5, 5.41) is 0. The number of aryl methyl sites for hydroxylation is 2. The lowest BCUT2D eigenvalue weighted by atomic mass is 10.1. The van der Waals surface area contributed by atoms with E-state index in [9.17, 15) is 9.59 Å². The van der Waals surface area contributed by atoms with Gasteiger partial charge in [-0.3, -0.25) is 4.79 Å². The van der Waals surface area contributed by atoms with E-state index in [0.29, 0.717) is 5.56 Å². The third-order valence-electron chi connectivity index (χ3n) is 5.44. The quantitative estimate of drug-likeness (QED) is 0.629. The second kappa shape index (κ2) is 7.59. The molecule has 2 aromatic carbocycles. The maximum absolute atomic E-state index is 12.7. The van der Waals surface area contributed by atoms with Crippen LogP contribution in [0.2, 0.25) is 0 Å². The van der Waals surface area contributed by atoms with E-state index in [1.165, 1.54) is 0 Å². The molecule has 4 rings (SSSR count). The van der Waals surface area contributed by atoms with Gasteiger partial charge in [0.2, 0.25) is 0 Å². The molecule has 0 bridgehead atoms. The van der Waals surface area contributed by atoms with Crippen LogP contribution in [0.1, 0.15) is 34.2 Å². The molecule has 1 aliphatic rings. The molecule has 5 nitrogen and oxygen atoms in total. The molecule has 5 heteroatoms. The Kier molecular flexibility index (Phi) is 4.97. The first kappa shape index (κ1) is 19.0. The second-order valence-electron chi connectivity index (χ2n) is 7.52. The van der Waals surface area contributed by atoms with Crippen LogP contribution in [0.25, 0.3) is 5.69 Å². The average Bonchev–Trinajstić information content (AvgIpc) is 3.23. The first-order chi connectivity index (χ1) is 14.0. The topological polar surface area (TPSA) is 51.5 Å². The van der Waals surface area contributed by atoms with Crippen molar-refractivity contribution in [2.75, 3.05) is 11.5 Å². The number of aromatic nitrogens is 1. The van der Waals surface area contributed by atoms with Crippen molar-refractivity contribution in [3.63, 3.8) is 0 Å². The van der Waals surface area contributed by atoms with Crippen LogP contribution in [0.4, 0.5) is 5.69 Å². The predicted octanol–water partition coefficient (Wildman–Crippen LogP) is 4.23. The van der Waals surface area contributed by atoms with Crippen LogP contribution < -0.4 is 4.90 Å². The highest BCUT2D eigenvalue weighted by Gasteiger charge is 2.31. The summed E-state index contributed by atoms with van der Waals surface area (Å²) < 4.78 is 7.42.